The normalized spacial score (nSPS) is 21.8. The fraction of sp³-hybridized carbons (Fsp3) is 0.818. The maximum atomic E-state index is 11.2. The number of primary amides is 1. The van der Waals surface area contributed by atoms with Crippen LogP contribution in [0.2, 0.25) is 0 Å². The summed E-state index contributed by atoms with van der Waals surface area (Å²) in [6, 6.07) is 0. The summed E-state index contributed by atoms with van der Waals surface area (Å²) in [7, 11) is 3.74. The van der Waals surface area contributed by atoms with E-state index in [1.807, 2.05) is 0 Å². The highest BCUT2D eigenvalue weighted by Crippen LogP contribution is 2.18. The summed E-state index contributed by atoms with van der Waals surface area (Å²) < 4.78 is 0. The van der Waals surface area contributed by atoms with Crippen molar-refractivity contribution in [1.82, 2.24) is 9.80 Å². The van der Waals surface area contributed by atoms with E-state index in [0.29, 0.717) is 12.5 Å². The monoisotopic (exact) mass is 227 g/mol. The Morgan fingerprint density at radius 2 is 2.19 bits per heavy atom. The van der Waals surface area contributed by atoms with Crippen molar-refractivity contribution in [1.29, 1.82) is 0 Å². The SMILES string of the molecule is CN1CCCC(CCN(C)C(=O)C(N)=O)C1. The van der Waals surface area contributed by atoms with Crippen LogP contribution in [0.5, 0.6) is 0 Å². The number of likely N-dealkylation sites (N-methyl/N-ethyl adjacent to an activating group) is 1. The van der Waals surface area contributed by atoms with Gasteiger partial charge in [0, 0.05) is 20.1 Å². The lowest BCUT2D eigenvalue weighted by atomic mass is 9.95. The summed E-state index contributed by atoms with van der Waals surface area (Å²) >= 11 is 0. The fourth-order valence-corrected chi connectivity index (χ4v) is 2.17. The number of nitrogens with zero attached hydrogens (tertiary/aromatic N) is 2. The van der Waals surface area contributed by atoms with E-state index in [-0.39, 0.29) is 0 Å². The van der Waals surface area contributed by atoms with Crippen LogP contribution >= 0.6 is 0 Å². The number of rotatable bonds is 3. The van der Waals surface area contributed by atoms with E-state index in [2.05, 4.69) is 11.9 Å². The van der Waals surface area contributed by atoms with E-state index in [9.17, 15) is 9.59 Å². The zero-order valence-corrected chi connectivity index (χ0v) is 10.1. The third-order valence-electron chi connectivity index (χ3n) is 3.15. The van der Waals surface area contributed by atoms with Crippen molar-refractivity contribution < 1.29 is 9.59 Å². The zero-order valence-electron chi connectivity index (χ0n) is 10.1. The van der Waals surface area contributed by atoms with Gasteiger partial charge in [-0.25, -0.2) is 0 Å². The Hall–Kier alpha value is -1.10. The van der Waals surface area contributed by atoms with Crippen LogP contribution in [0.1, 0.15) is 19.3 Å². The van der Waals surface area contributed by atoms with Crippen LogP contribution in [0, 0.1) is 5.92 Å². The highest BCUT2D eigenvalue weighted by Gasteiger charge is 2.20. The Balaban J connectivity index is 2.28. The lowest BCUT2D eigenvalue weighted by molar-refractivity contribution is -0.143. The second-order valence-electron chi connectivity index (χ2n) is 4.65. The molecule has 1 heterocycles. The molecule has 0 saturated carbocycles. The van der Waals surface area contributed by atoms with Crippen molar-refractivity contribution >= 4 is 11.8 Å². The van der Waals surface area contributed by atoms with Gasteiger partial charge in [-0.05, 0) is 38.8 Å². The number of piperidine rings is 1. The van der Waals surface area contributed by atoms with Crippen molar-refractivity contribution in [2.75, 3.05) is 33.7 Å². The van der Waals surface area contributed by atoms with E-state index >= 15 is 0 Å². The molecule has 0 aromatic carbocycles. The van der Waals surface area contributed by atoms with Crippen molar-refractivity contribution in [3.05, 3.63) is 0 Å². The van der Waals surface area contributed by atoms with Crippen LogP contribution in [0.3, 0.4) is 0 Å². The first-order chi connectivity index (χ1) is 7.50. The summed E-state index contributed by atoms with van der Waals surface area (Å²) in [4.78, 5) is 25.6. The molecular weight excluding hydrogens is 206 g/mol. The molecule has 2 amide bonds. The van der Waals surface area contributed by atoms with Crippen molar-refractivity contribution in [2.45, 2.75) is 19.3 Å². The molecule has 1 saturated heterocycles. The predicted molar refractivity (Wildman–Crippen MR) is 61.7 cm³/mol. The molecule has 0 aromatic rings. The molecule has 1 unspecified atom stereocenters. The number of carbonyl (C=O) groups is 2. The molecule has 92 valence electrons. The van der Waals surface area contributed by atoms with E-state index in [1.54, 1.807) is 7.05 Å². The lowest BCUT2D eigenvalue weighted by Crippen LogP contribution is -2.40. The van der Waals surface area contributed by atoms with Gasteiger partial charge in [0.15, 0.2) is 0 Å². The number of hydrogen-bond donors (Lipinski definition) is 1. The molecule has 0 spiro atoms. The third-order valence-corrected chi connectivity index (χ3v) is 3.15. The first-order valence-corrected chi connectivity index (χ1v) is 5.74. The Bertz CT molecular complexity index is 268. The van der Waals surface area contributed by atoms with Crippen molar-refractivity contribution in [2.24, 2.45) is 11.7 Å². The van der Waals surface area contributed by atoms with Crippen LogP contribution in [-0.4, -0.2) is 55.3 Å². The van der Waals surface area contributed by atoms with E-state index in [4.69, 9.17) is 5.73 Å². The molecule has 16 heavy (non-hydrogen) atoms. The van der Waals surface area contributed by atoms with E-state index < -0.39 is 11.8 Å². The maximum Gasteiger partial charge on any atom is 0.311 e. The van der Waals surface area contributed by atoms with Gasteiger partial charge in [-0.1, -0.05) is 0 Å². The Morgan fingerprint density at radius 3 is 2.75 bits per heavy atom. The van der Waals surface area contributed by atoms with Gasteiger partial charge in [0.25, 0.3) is 0 Å². The number of likely N-dealkylation sites (tertiary alicyclic amines) is 1. The number of amides is 2. The minimum atomic E-state index is -0.872. The van der Waals surface area contributed by atoms with Crippen LogP contribution in [0.4, 0.5) is 0 Å². The number of carbonyl (C=O) groups excluding carboxylic acids is 2. The standard InChI is InChI=1S/C11H21N3O2/c1-13-6-3-4-9(8-13)5-7-14(2)11(16)10(12)15/h9H,3-8H2,1-2H3,(H2,12,15). The topological polar surface area (TPSA) is 66.6 Å². The van der Waals surface area contributed by atoms with Gasteiger partial charge in [0.05, 0.1) is 0 Å². The Kier molecular flexibility index (Phi) is 4.73. The van der Waals surface area contributed by atoms with Gasteiger partial charge >= 0.3 is 11.8 Å². The van der Waals surface area contributed by atoms with Gasteiger partial charge < -0.3 is 15.5 Å². The van der Waals surface area contributed by atoms with Gasteiger partial charge in [-0.15, -0.1) is 0 Å². The molecule has 1 aliphatic heterocycles. The summed E-state index contributed by atoms with van der Waals surface area (Å²) in [5, 5.41) is 0. The number of nitrogens with two attached hydrogens (primary N) is 1. The Labute approximate surface area is 96.6 Å². The molecule has 1 aliphatic rings. The van der Waals surface area contributed by atoms with Gasteiger partial charge in [-0.3, -0.25) is 9.59 Å². The highest BCUT2D eigenvalue weighted by molar-refractivity contribution is 6.34. The smallest absolute Gasteiger partial charge is 0.311 e. The quantitative estimate of drug-likeness (QED) is 0.671. The second kappa shape index (κ2) is 5.84. The van der Waals surface area contributed by atoms with Crippen LogP contribution in [0.25, 0.3) is 0 Å². The first kappa shape index (κ1) is 13.0. The first-order valence-electron chi connectivity index (χ1n) is 5.74. The molecule has 1 rings (SSSR count). The minimum Gasteiger partial charge on any atom is -0.361 e. The zero-order chi connectivity index (χ0) is 12.1. The molecule has 0 bridgehead atoms. The van der Waals surface area contributed by atoms with Gasteiger partial charge in [0.2, 0.25) is 0 Å². The molecule has 2 N–H and O–H groups in total. The van der Waals surface area contributed by atoms with Crippen LogP contribution in [0.15, 0.2) is 0 Å². The third kappa shape index (κ3) is 3.81. The Morgan fingerprint density at radius 1 is 1.50 bits per heavy atom. The molecule has 1 atom stereocenters. The average molecular weight is 227 g/mol. The predicted octanol–water partition coefficient (Wildman–Crippen LogP) is -0.338. The minimum absolute atomic E-state index is 0.593. The molecular formula is C11H21N3O2. The lowest BCUT2D eigenvalue weighted by Gasteiger charge is -2.30. The largest absolute Gasteiger partial charge is 0.361 e. The summed E-state index contributed by atoms with van der Waals surface area (Å²) in [6.07, 6.45) is 3.37. The average Bonchev–Trinajstić information content (AvgIpc) is 2.24. The molecule has 1 fully saturated rings. The fourth-order valence-electron chi connectivity index (χ4n) is 2.17. The molecule has 5 nitrogen and oxygen atoms in total. The molecule has 5 heteroatoms. The van der Waals surface area contributed by atoms with Crippen molar-refractivity contribution in [3.8, 4) is 0 Å². The van der Waals surface area contributed by atoms with Crippen molar-refractivity contribution in [3.63, 3.8) is 0 Å². The summed E-state index contributed by atoms with van der Waals surface area (Å²) in [6.45, 7) is 2.85. The second-order valence-corrected chi connectivity index (χ2v) is 4.65. The highest BCUT2D eigenvalue weighted by atomic mass is 16.2. The maximum absolute atomic E-state index is 11.2. The summed E-state index contributed by atoms with van der Waals surface area (Å²) in [5.41, 5.74) is 4.93. The van der Waals surface area contributed by atoms with E-state index in [0.717, 1.165) is 19.5 Å². The van der Waals surface area contributed by atoms with Crippen LogP contribution < -0.4 is 5.73 Å². The van der Waals surface area contributed by atoms with Gasteiger partial charge in [0.1, 0.15) is 0 Å². The molecule has 0 radical (unpaired) electrons. The van der Waals surface area contributed by atoms with Crippen LogP contribution in [-0.2, 0) is 9.59 Å². The molecule has 0 aliphatic carbocycles. The summed E-state index contributed by atoms with van der Waals surface area (Å²) in [5.74, 6) is -0.839. The van der Waals surface area contributed by atoms with E-state index in [1.165, 1.54) is 17.7 Å². The number of hydrogen-bond acceptors (Lipinski definition) is 3. The molecule has 0 aromatic heterocycles. The van der Waals surface area contributed by atoms with Gasteiger partial charge in [-0.2, -0.15) is 0 Å².